The maximum atomic E-state index is 10.8. The van der Waals surface area contributed by atoms with E-state index in [9.17, 15) is 4.79 Å². The van der Waals surface area contributed by atoms with Crippen LogP contribution in [0.1, 0.15) is 5.56 Å². The van der Waals surface area contributed by atoms with Crippen LogP contribution in [0.15, 0.2) is 10.8 Å². The van der Waals surface area contributed by atoms with E-state index < -0.39 is 0 Å². The number of carbonyl (C=O) groups excluding carboxylic acids is 1. The van der Waals surface area contributed by atoms with Gasteiger partial charge in [0.15, 0.2) is 5.82 Å². The molecule has 0 saturated heterocycles. The molecular formula is C6H10N4O2. The summed E-state index contributed by atoms with van der Waals surface area (Å²) in [7, 11) is 0. The van der Waals surface area contributed by atoms with Crippen LogP contribution in [-0.2, 0) is 11.3 Å². The molecule has 0 radical (unpaired) electrons. The van der Waals surface area contributed by atoms with E-state index in [1.165, 1.54) is 6.26 Å². The van der Waals surface area contributed by atoms with Crippen LogP contribution in [0.2, 0.25) is 0 Å². The maximum absolute atomic E-state index is 10.8. The Labute approximate surface area is 68.9 Å². The Hall–Kier alpha value is -1.40. The maximum Gasteiger partial charge on any atom is 0.239 e. The molecule has 6 nitrogen and oxygen atoms in total. The second-order valence-electron chi connectivity index (χ2n) is 2.14. The number of rotatable bonds is 3. The summed E-state index contributed by atoms with van der Waals surface area (Å²) in [4.78, 5) is 10.8. The Morgan fingerprint density at radius 3 is 3.00 bits per heavy atom. The van der Waals surface area contributed by atoms with Crippen molar-refractivity contribution in [2.45, 2.75) is 6.54 Å². The zero-order chi connectivity index (χ0) is 8.97. The molecule has 1 amide bonds. The fourth-order valence-electron chi connectivity index (χ4n) is 0.688. The second-order valence-corrected chi connectivity index (χ2v) is 2.14. The van der Waals surface area contributed by atoms with Crippen molar-refractivity contribution in [2.75, 3.05) is 11.9 Å². The Morgan fingerprint density at radius 1 is 1.67 bits per heavy atom. The van der Waals surface area contributed by atoms with Crippen molar-refractivity contribution < 1.29 is 9.32 Å². The number of amides is 1. The lowest BCUT2D eigenvalue weighted by molar-refractivity contribution is -0.114. The van der Waals surface area contributed by atoms with Crippen LogP contribution in [0.25, 0.3) is 0 Å². The zero-order valence-corrected chi connectivity index (χ0v) is 6.41. The third kappa shape index (κ3) is 1.80. The first-order valence-corrected chi connectivity index (χ1v) is 3.41. The average Bonchev–Trinajstić information content (AvgIpc) is 2.51. The highest BCUT2D eigenvalue weighted by atomic mass is 16.5. The minimum atomic E-state index is -0.321. The lowest BCUT2D eigenvalue weighted by Gasteiger charge is -1.98. The second kappa shape index (κ2) is 3.84. The summed E-state index contributed by atoms with van der Waals surface area (Å²) in [6.45, 7) is 0.181. The van der Waals surface area contributed by atoms with Gasteiger partial charge in [-0.3, -0.25) is 4.79 Å². The first-order valence-electron chi connectivity index (χ1n) is 3.41. The smallest absolute Gasteiger partial charge is 0.239 e. The van der Waals surface area contributed by atoms with E-state index >= 15 is 0 Å². The van der Waals surface area contributed by atoms with Gasteiger partial charge in [-0.15, -0.1) is 0 Å². The van der Waals surface area contributed by atoms with Gasteiger partial charge in [0, 0.05) is 12.1 Å². The predicted molar refractivity (Wildman–Crippen MR) is 42.1 cm³/mol. The molecule has 1 aromatic rings. The molecule has 0 bridgehead atoms. The molecular weight excluding hydrogens is 160 g/mol. The monoisotopic (exact) mass is 170 g/mol. The van der Waals surface area contributed by atoms with Crippen LogP contribution in [0.3, 0.4) is 0 Å². The van der Waals surface area contributed by atoms with Crippen LogP contribution in [-0.4, -0.2) is 17.6 Å². The fraction of sp³-hybridized carbons (Fsp3) is 0.333. The van der Waals surface area contributed by atoms with Gasteiger partial charge < -0.3 is 21.3 Å². The molecule has 0 aromatic carbocycles. The van der Waals surface area contributed by atoms with Gasteiger partial charge in [0.05, 0.1) is 6.54 Å². The fourth-order valence-corrected chi connectivity index (χ4v) is 0.688. The van der Waals surface area contributed by atoms with Gasteiger partial charge in [0.1, 0.15) is 6.26 Å². The number of aromatic nitrogens is 1. The van der Waals surface area contributed by atoms with Gasteiger partial charge in [-0.25, -0.2) is 0 Å². The Kier molecular flexibility index (Phi) is 2.78. The summed E-state index contributed by atoms with van der Waals surface area (Å²) in [5.41, 5.74) is 11.1. The molecule has 0 aliphatic rings. The van der Waals surface area contributed by atoms with Gasteiger partial charge in [0.25, 0.3) is 0 Å². The minimum Gasteiger partial charge on any atom is -0.362 e. The number of anilines is 1. The summed E-state index contributed by atoms with van der Waals surface area (Å²) < 4.78 is 4.60. The van der Waals surface area contributed by atoms with Gasteiger partial charge in [-0.1, -0.05) is 5.16 Å². The topological polar surface area (TPSA) is 107 Å². The number of carbonyl (C=O) groups is 1. The van der Waals surface area contributed by atoms with E-state index in [1.807, 2.05) is 0 Å². The lowest BCUT2D eigenvalue weighted by atomic mass is 10.3. The molecule has 12 heavy (non-hydrogen) atoms. The molecule has 0 aliphatic carbocycles. The molecule has 0 fully saturated rings. The minimum absolute atomic E-state index is 0.0864. The van der Waals surface area contributed by atoms with Crippen molar-refractivity contribution in [3.05, 3.63) is 11.8 Å². The summed E-state index contributed by atoms with van der Waals surface area (Å²) in [6, 6.07) is 0. The van der Waals surface area contributed by atoms with E-state index in [0.29, 0.717) is 11.4 Å². The van der Waals surface area contributed by atoms with E-state index in [1.54, 1.807) is 0 Å². The van der Waals surface area contributed by atoms with Gasteiger partial charge in [-0.05, 0) is 0 Å². The Balaban J connectivity index is 2.68. The van der Waals surface area contributed by atoms with Crippen LogP contribution in [0, 0.1) is 0 Å². The standard InChI is InChI=1S/C6H10N4O2/c7-1-4-3-12-10-6(4)9-5(11)2-8/h3H,1-2,7-8H2,(H,9,10,11). The van der Waals surface area contributed by atoms with Gasteiger partial charge in [-0.2, -0.15) is 0 Å². The van der Waals surface area contributed by atoms with Crippen LogP contribution >= 0.6 is 0 Å². The molecule has 66 valence electrons. The van der Waals surface area contributed by atoms with E-state index in [-0.39, 0.29) is 19.0 Å². The highest BCUT2D eigenvalue weighted by Crippen LogP contribution is 2.10. The third-order valence-electron chi connectivity index (χ3n) is 1.31. The van der Waals surface area contributed by atoms with Crippen molar-refractivity contribution in [1.29, 1.82) is 0 Å². The predicted octanol–water partition coefficient (Wildman–Crippen LogP) is -0.970. The summed E-state index contributed by atoms with van der Waals surface area (Å²) >= 11 is 0. The molecule has 1 aromatic heterocycles. The highest BCUT2D eigenvalue weighted by Gasteiger charge is 2.07. The quantitative estimate of drug-likeness (QED) is 0.541. The van der Waals surface area contributed by atoms with E-state index in [4.69, 9.17) is 11.5 Å². The number of hydrogen-bond acceptors (Lipinski definition) is 5. The number of nitrogens with zero attached hydrogens (tertiary/aromatic N) is 1. The summed E-state index contributed by atoms with van der Waals surface area (Å²) in [6.07, 6.45) is 1.38. The SMILES string of the molecule is NCC(=O)Nc1nocc1CN. The first-order chi connectivity index (χ1) is 5.77. The summed E-state index contributed by atoms with van der Waals surface area (Å²) in [5, 5.41) is 5.97. The van der Waals surface area contributed by atoms with Crippen molar-refractivity contribution in [3.63, 3.8) is 0 Å². The van der Waals surface area contributed by atoms with Crippen molar-refractivity contribution in [3.8, 4) is 0 Å². The molecule has 0 atom stereocenters. The Morgan fingerprint density at radius 2 is 2.42 bits per heavy atom. The molecule has 5 N–H and O–H groups in total. The van der Waals surface area contributed by atoms with Crippen LogP contribution in [0.4, 0.5) is 5.82 Å². The Bertz CT molecular complexity index is 270. The summed E-state index contributed by atoms with van der Waals surface area (Å²) in [5.74, 6) is 0.0200. The first kappa shape index (κ1) is 8.69. The molecule has 0 aliphatic heterocycles. The number of nitrogens with one attached hydrogen (secondary N) is 1. The highest BCUT2D eigenvalue weighted by molar-refractivity contribution is 5.91. The van der Waals surface area contributed by atoms with Crippen molar-refractivity contribution in [2.24, 2.45) is 11.5 Å². The van der Waals surface area contributed by atoms with Crippen LogP contribution in [0.5, 0.6) is 0 Å². The van der Waals surface area contributed by atoms with E-state index in [0.717, 1.165) is 0 Å². The lowest BCUT2D eigenvalue weighted by Crippen LogP contribution is -2.22. The van der Waals surface area contributed by atoms with Gasteiger partial charge in [0.2, 0.25) is 5.91 Å². The van der Waals surface area contributed by atoms with Gasteiger partial charge >= 0.3 is 0 Å². The van der Waals surface area contributed by atoms with Crippen LogP contribution < -0.4 is 16.8 Å². The largest absolute Gasteiger partial charge is 0.362 e. The molecule has 6 heteroatoms. The molecule has 0 spiro atoms. The zero-order valence-electron chi connectivity index (χ0n) is 6.41. The van der Waals surface area contributed by atoms with Crippen molar-refractivity contribution in [1.82, 2.24) is 5.16 Å². The molecule has 1 heterocycles. The van der Waals surface area contributed by atoms with E-state index in [2.05, 4.69) is 15.0 Å². The molecule has 1 rings (SSSR count). The average molecular weight is 170 g/mol. The normalized spacial score (nSPS) is 9.83. The molecule has 0 unspecified atom stereocenters. The number of hydrogen-bond donors (Lipinski definition) is 3. The molecule has 0 saturated carbocycles. The van der Waals surface area contributed by atoms with Crippen molar-refractivity contribution >= 4 is 11.7 Å². The number of nitrogens with two attached hydrogens (primary N) is 2. The third-order valence-corrected chi connectivity index (χ3v) is 1.31.